The van der Waals surface area contributed by atoms with Gasteiger partial charge in [-0.1, -0.05) is 32.4 Å². The summed E-state index contributed by atoms with van der Waals surface area (Å²) in [6.45, 7) is 5.81. The molecule has 8 atom stereocenters. The molecule has 0 heterocycles. The molecule has 0 bridgehead atoms. The molecule has 6 heteroatoms. The first kappa shape index (κ1) is 20.6. The number of halogens is 2. The summed E-state index contributed by atoms with van der Waals surface area (Å²) in [5.41, 5.74) is -2.01. The van der Waals surface area contributed by atoms with Crippen LogP contribution in [0.1, 0.15) is 46.5 Å². The molecule has 0 aromatic rings. The van der Waals surface area contributed by atoms with Gasteiger partial charge in [0.1, 0.15) is 5.60 Å². The first-order valence-electron chi connectivity index (χ1n) is 10.1. The highest BCUT2D eigenvalue weighted by Gasteiger charge is 2.74. The Balaban J connectivity index is 1.84. The lowest BCUT2D eigenvalue weighted by molar-refractivity contribution is -0.175. The van der Waals surface area contributed by atoms with Crippen molar-refractivity contribution in [3.05, 3.63) is 23.8 Å². The molecule has 4 aliphatic carbocycles. The summed E-state index contributed by atoms with van der Waals surface area (Å²) in [6.07, 6.45) is 6.47. The Morgan fingerprint density at radius 1 is 1.32 bits per heavy atom. The van der Waals surface area contributed by atoms with E-state index in [1.165, 1.54) is 0 Å². The van der Waals surface area contributed by atoms with E-state index in [0.717, 1.165) is 18.4 Å². The molecule has 0 aliphatic heterocycles. The van der Waals surface area contributed by atoms with Gasteiger partial charge in [-0.2, -0.15) is 0 Å². The second-order valence-electron chi connectivity index (χ2n) is 9.72. The van der Waals surface area contributed by atoms with Crippen molar-refractivity contribution in [1.29, 1.82) is 0 Å². The van der Waals surface area contributed by atoms with E-state index in [1.54, 1.807) is 12.2 Å². The number of alkyl halides is 2. The van der Waals surface area contributed by atoms with Gasteiger partial charge in [-0.05, 0) is 55.6 Å². The van der Waals surface area contributed by atoms with Crippen molar-refractivity contribution in [3.63, 3.8) is 0 Å². The van der Waals surface area contributed by atoms with E-state index in [9.17, 15) is 19.8 Å². The number of allylic oxidation sites excluding steroid dienone is 4. The smallest absolute Gasteiger partial charge is 0.179 e. The van der Waals surface area contributed by atoms with E-state index in [0.29, 0.717) is 6.42 Å². The third-order valence-electron chi connectivity index (χ3n) is 8.77. The third kappa shape index (κ3) is 2.16. The maximum atomic E-state index is 12.7. The van der Waals surface area contributed by atoms with Gasteiger partial charge in [0.05, 0.1) is 16.9 Å². The molecule has 28 heavy (non-hydrogen) atoms. The Hall–Kier alpha value is -0.680. The Kier molecular flexibility index (Phi) is 4.53. The zero-order valence-corrected chi connectivity index (χ0v) is 18.1. The normalized spacial score (nSPS) is 52.5. The summed E-state index contributed by atoms with van der Waals surface area (Å²) in [7, 11) is 0. The maximum Gasteiger partial charge on any atom is 0.179 e. The SMILES string of the molecule is C[C@@H]1C[C@H]2[C@@H]3CCC4=CC(=O)C=C[C@@]4(C)[C@]3(Cl)[C@@H](O)C[C@@]2(C)[C@]1(O)C(=O)CCl. The molecule has 3 saturated carbocycles. The molecule has 4 aliphatic rings. The van der Waals surface area contributed by atoms with Crippen molar-refractivity contribution < 1.29 is 19.8 Å². The minimum Gasteiger partial charge on any atom is -0.391 e. The summed E-state index contributed by atoms with van der Waals surface area (Å²) < 4.78 is 0. The van der Waals surface area contributed by atoms with Crippen LogP contribution >= 0.6 is 23.2 Å². The van der Waals surface area contributed by atoms with Gasteiger partial charge in [-0.25, -0.2) is 0 Å². The lowest BCUT2D eigenvalue weighted by atomic mass is 9.45. The van der Waals surface area contributed by atoms with Gasteiger partial charge in [0.2, 0.25) is 0 Å². The van der Waals surface area contributed by atoms with Crippen molar-refractivity contribution in [1.82, 2.24) is 0 Å². The van der Waals surface area contributed by atoms with Crippen molar-refractivity contribution in [2.45, 2.75) is 63.0 Å². The van der Waals surface area contributed by atoms with Gasteiger partial charge in [-0.15, -0.1) is 23.2 Å². The van der Waals surface area contributed by atoms with E-state index in [-0.39, 0.29) is 41.6 Å². The van der Waals surface area contributed by atoms with Crippen molar-refractivity contribution in [3.8, 4) is 0 Å². The largest absolute Gasteiger partial charge is 0.391 e. The molecular formula is C22H28Cl2O4. The summed E-state index contributed by atoms with van der Waals surface area (Å²) >= 11 is 13.2. The average molecular weight is 427 g/mol. The van der Waals surface area contributed by atoms with Gasteiger partial charge < -0.3 is 10.2 Å². The van der Waals surface area contributed by atoms with Gasteiger partial charge in [0, 0.05) is 10.8 Å². The van der Waals surface area contributed by atoms with E-state index in [1.807, 2.05) is 26.8 Å². The molecule has 0 saturated heterocycles. The monoisotopic (exact) mass is 426 g/mol. The van der Waals surface area contributed by atoms with Crippen LogP contribution in [0.5, 0.6) is 0 Å². The highest BCUT2D eigenvalue weighted by atomic mass is 35.5. The van der Waals surface area contributed by atoms with Gasteiger partial charge in [-0.3, -0.25) is 9.59 Å². The molecule has 0 radical (unpaired) electrons. The molecule has 4 nitrogen and oxygen atoms in total. The maximum absolute atomic E-state index is 12.7. The number of carbonyl (C=O) groups excluding carboxylic acids is 2. The fourth-order valence-electron chi connectivity index (χ4n) is 7.24. The molecule has 154 valence electrons. The van der Waals surface area contributed by atoms with Crippen LogP contribution in [0.25, 0.3) is 0 Å². The lowest BCUT2D eigenvalue weighted by Crippen LogP contribution is -2.68. The summed E-state index contributed by atoms with van der Waals surface area (Å²) in [5, 5.41) is 22.9. The lowest BCUT2D eigenvalue weighted by Gasteiger charge is -2.63. The van der Waals surface area contributed by atoms with Crippen LogP contribution in [0.4, 0.5) is 0 Å². The van der Waals surface area contributed by atoms with Crippen molar-refractivity contribution in [2.75, 3.05) is 5.88 Å². The minimum absolute atomic E-state index is 0.00929. The second kappa shape index (κ2) is 6.16. The van der Waals surface area contributed by atoms with Gasteiger partial charge >= 0.3 is 0 Å². The van der Waals surface area contributed by atoms with E-state index in [4.69, 9.17) is 23.2 Å². The first-order valence-corrected chi connectivity index (χ1v) is 11.0. The predicted octanol–water partition coefficient (Wildman–Crippen LogP) is 3.41. The number of fused-ring (bicyclic) bond motifs is 5. The average Bonchev–Trinajstić information content (AvgIpc) is 2.84. The summed E-state index contributed by atoms with van der Waals surface area (Å²) in [5.74, 6) is -1.00. The second-order valence-corrected chi connectivity index (χ2v) is 10.6. The number of ketones is 2. The number of aliphatic hydroxyl groups excluding tert-OH is 1. The fraction of sp³-hybridized carbons (Fsp3) is 0.727. The van der Waals surface area contributed by atoms with Crippen LogP contribution < -0.4 is 0 Å². The van der Waals surface area contributed by atoms with Crippen LogP contribution in [0.2, 0.25) is 0 Å². The van der Waals surface area contributed by atoms with Gasteiger partial charge in [0.15, 0.2) is 11.6 Å². The Bertz CT molecular complexity index is 806. The molecule has 0 aromatic carbocycles. The van der Waals surface area contributed by atoms with E-state index >= 15 is 0 Å². The quantitative estimate of drug-likeness (QED) is 0.663. The highest BCUT2D eigenvalue weighted by molar-refractivity contribution is 6.29. The molecule has 0 amide bonds. The summed E-state index contributed by atoms with van der Waals surface area (Å²) in [4.78, 5) is 23.7. The van der Waals surface area contributed by atoms with Crippen LogP contribution in [-0.4, -0.2) is 44.2 Å². The highest BCUT2D eigenvalue weighted by Crippen LogP contribution is 2.71. The van der Waals surface area contributed by atoms with Crippen LogP contribution in [0.3, 0.4) is 0 Å². The Morgan fingerprint density at radius 3 is 2.64 bits per heavy atom. The van der Waals surface area contributed by atoms with E-state index in [2.05, 4.69) is 0 Å². The number of hydrogen-bond acceptors (Lipinski definition) is 4. The molecule has 0 unspecified atom stereocenters. The zero-order chi connectivity index (χ0) is 20.7. The Morgan fingerprint density at radius 2 is 2.00 bits per heavy atom. The van der Waals surface area contributed by atoms with Crippen LogP contribution in [0.15, 0.2) is 23.8 Å². The first-order chi connectivity index (χ1) is 13.0. The molecule has 0 spiro atoms. The Labute approximate surface area is 176 Å². The van der Waals surface area contributed by atoms with Gasteiger partial charge in [0.25, 0.3) is 0 Å². The minimum atomic E-state index is -1.56. The third-order valence-corrected chi connectivity index (χ3v) is 9.94. The topological polar surface area (TPSA) is 74.6 Å². The molecule has 3 fully saturated rings. The van der Waals surface area contributed by atoms with Crippen LogP contribution in [-0.2, 0) is 9.59 Å². The summed E-state index contributed by atoms with van der Waals surface area (Å²) in [6, 6.07) is 0. The molecule has 2 N–H and O–H groups in total. The molecule has 0 aromatic heterocycles. The zero-order valence-electron chi connectivity index (χ0n) is 16.5. The number of aliphatic hydroxyl groups is 2. The molecule has 4 rings (SSSR count). The molecular weight excluding hydrogens is 399 g/mol. The number of rotatable bonds is 2. The number of Topliss-reactive ketones (excluding diaryl/α,β-unsaturated/α-hetero) is 1. The van der Waals surface area contributed by atoms with E-state index < -0.39 is 27.4 Å². The number of hydrogen-bond donors (Lipinski definition) is 2. The number of carbonyl (C=O) groups is 2. The predicted molar refractivity (Wildman–Crippen MR) is 108 cm³/mol. The van der Waals surface area contributed by atoms with Crippen molar-refractivity contribution >= 4 is 34.8 Å². The van der Waals surface area contributed by atoms with Crippen molar-refractivity contribution in [2.24, 2.45) is 28.6 Å². The fourth-order valence-corrected chi connectivity index (χ4v) is 7.97. The standard InChI is InChI=1S/C22H28Cl2O4/c1-12-8-16-15-5-4-13-9-14(25)6-7-19(13,2)21(15,24)17(26)10-20(16,3)22(12,28)18(27)11-23/h6-7,9,12,15-17,26,28H,4-5,8,10-11H2,1-3H3/t12-,15+,16+,17+,19-,20-,21-,22-/m1/s1. The van der Waals surface area contributed by atoms with Crippen LogP contribution in [0, 0.1) is 28.6 Å².